The molecule has 5 heteroatoms. The third kappa shape index (κ3) is 5.33. The number of aryl methyl sites for hydroxylation is 1. The van der Waals surface area contributed by atoms with Crippen molar-refractivity contribution in [1.29, 1.82) is 0 Å². The molecule has 0 bridgehead atoms. The lowest BCUT2D eigenvalue weighted by Gasteiger charge is -2.42. The van der Waals surface area contributed by atoms with Gasteiger partial charge in [0.15, 0.2) is 0 Å². The number of hydrogen-bond acceptors (Lipinski definition) is 4. The van der Waals surface area contributed by atoms with E-state index in [-0.39, 0.29) is 12.0 Å². The molecule has 1 aliphatic heterocycles. The second-order valence-electron chi connectivity index (χ2n) is 7.96. The summed E-state index contributed by atoms with van der Waals surface area (Å²) in [7, 11) is 1.70. The summed E-state index contributed by atoms with van der Waals surface area (Å²) in [4.78, 5) is 10.4. The summed E-state index contributed by atoms with van der Waals surface area (Å²) in [6, 6.07) is 8.22. The molecule has 0 unspecified atom stereocenters. The molecule has 3 rings (SSSR count). The zero-order valence-electron chi connectivity index (χ0n) is 16.7. The van der Waals surface area contributed by atoms with E-state index in [9.17, 15) is 5.11 Å². The van der Waals surface area contributed by atoms with Gasteiger partial charge in [-0.1, -0.05) is 25.5 Å². The van der Waals surface area contributed by atoms with Gasteiger partial charge in [-0.2, -0.15) is 0 Å². The van der Waals surface area contributed by atoms with E-state index in [2.05, 4.69) is 33.9 Å². The van der Waals surface area contributed by atoms with Crippen LogP contribution in [0.4, 0.5) is 0 Å². The number of imidazole rings is 1. The number of ether oxygens (including phenoxy) is 1. The summed E-state index contributed by atoms with van der Waals surface area (Å²) in [5.41, 5.74) is 2.32. The molecule has 2 heterocycles. The van der Waals surface area contributed by atoms with Crippen LogP contribution in [-0.2, 0) is 19.4 Å². The Bertz CT molecular complexity index is 715. The van der Waals surface area contributed by atoms with Gasteiger partial charge in [0.05, 0.1) is 13.7 Å². The van der Waals surface area contributed by atoms with Gasteiger partial charge in [-0.25, -0.2) is 4.98 Å². The molecule has 1 aromatic carbocycles. The van der Waals surface area contributed by atoms with Crippen molar-refractivity contribution in [3.63, 3.8) is 0 Å². The van der Waals surface area contributed by atoms with Crippen molar-refractivity contribution in [1.82, 2.24) is 14.9 Å². The van der Waals surface area contributed by atoms with Crippen LogP contribution in [0.5, 0.6) is 5.75 Å². The third-order valence-electron chi connectivity index (χ3n) is 5.63. The number of methoxy groups -OCH3 is 1. The fourth-order valence-electron chi connectivity index (χ4n) is 4.19. The van der Waals surface area contributed by atoms with Gasteiger partial charge in [0.25, 0.3) is 0 Å². The Hall–Kier alpha value is -1.85. The number of hydrogen-bond donors (Lipinski definition) is 2. The second-order valence-corrected chi connectivity index (χ2v) is 7.96. The van der Waals surface area contributed by atoms with Crippen molar-refractivity contribution in [2.24, 2.45) is 5.41 Å². The molecule has 1 fully saturated rings. The van der Waals surface area contributed by atoms with E-state index >= 15 is 0 Å². The Morgan fingerprint density at radius 2 is 2.26 bits per heavy atom. The van der Waals surface area contributed by atoms with E-state index in [1.54, 1.807) is 7.11 Å². The maximum Gasteiger partial charge on any atom is 0.119 e. The summed E-state index contributed by atoms with van der Waals surface area (Å²) in [5.74, 6) is 1.97. The first kappa shape index (κ1) is 19.9. The number of aromatic nitrogens is 2. The van der Waals surface area contributed by atoms with E-state index in [1.807, 2.05) is 18.3 Å². The van der Waals surface area contributed by atoms with E-state index < -0.39 is 0 Å². The lowest BCUT2D eigenvalue weighted by Crippen LogP contribution is -2.46. The van der Waals surface area contributed by atoms with Crippen molar-refractivity contribution in [3.05, 3.63) is 47.5 Å². The number of H-pyrrole nitrogens is 1. The number of likely N-dealkylation sites (tertiary alicyclic amines) is 1. The van der Waals surface area contributed by atoms with Crippen molar-refractivity contribution in [2.75, 3.05) is 26.8 Å². The molecular weight excluding hydrogens is 338 g/mol. The first-order chi connectivity index (χ1) is 13.2. The number of aliphatic hydroxyl groups excluding tert-OH is 1. The number of unbranched alkanes of at least 4 members (excludes halogenated alkanes) is 1. The van der Waals surface area contributed by atoms with Crippen molar-refractivity contribution in [2.45, 2.75) is 52.0 Å². The zero-order valence-corrected chi connectivity index (χ0v) is 16.7. The average Bonchev–Trinajstić information content (AvgIpc) is 3.14. The minimum Gasteiger partial charge on any atom is -0.497 e. The molecular formula is C22H33N3O2. The quantitative estimate of drug-likeness (QED) is 0.707. The summed E-state index contributed by atoms with van der Waals surface area (Å²) in [6.07, 6.45) is 8.40. The van der Waals surface area contributed by atoms with Crippen LogP contribution in [0, 0.1) is 5.41 Å². The summed E-state index contributed by atoms with van der Waals surface area (Å²) < 4.78 is 5.36. The number of aliphatic hydroxyl groups is 1. The van der Waals surface area contributed by atoms with Gasteiger partial charge in [0, 0.05) is 36.8 Å². The number of aromatic amines is 1. The highest BCUT2D eigenvalue weighted by molar-refractivity contribution is 5.29. The molecule has 2 aromatic rings. The predicted octanol–water partition coefficient (Wildman–Crippen LogP) is 3.58. The van der Waals surface area contributed by atoms with E-state index in [4.69, 9.17) is 4.74 Å². The van der Waals surface area contributed by atoms with Crippen LogP contribution in [0.15, 0.2) is 30.5 Å². The van der Waals surface area contributed by atoms with Gasteiger partial charge in [-0.15, -0.1) is 0 Å². The summed E-state index contributed by atoms with van der Waals surface area (Å²) in [6.45, 7) is 5.27. The number of nitrogens with zero attached hydrogens (tertiary/aromatic N) is 2. The lowest BCUT2D eigenvalue weighted by atomic mass is 9.75. The fourth-order valence-corrected chi connectivity index (χ4v) is 4.19. The summed E-state index contributed by atoms with van der Waals surface area (Å²) >= 11 is 0. The maximum absolute atomic E-state index is 10.2. The number of benzene rings is 1. The predicted molar refractivity (Wildman–Crippen MR) is 108 cm³/mol. The average molecular weight is 372 g/mol. The highest BCUT2D eigenvalue weighted by atomic mass is 16.5. The molecule has 0 amide bonds. The normalized spacial score (nSPS) is 20.7. The van der Waals surface area contributed by atoms with Crippen LogP contribution in [0.3, 0.4) is 0 Å². The SMILES string of the molecule is CCCCc1ncc(CN2CCC[C@@](CO)(Cc3cccc(OC)c3)C2)[nH]1. The fraction of sp³-hybridized carbons (Fsp3) is 0.591. The lowest BCUT2D eigenvalue weighted by molar-refractivity contribution is 0.0283. The molecule has 0 saturated carbocycles. The van der Waals surface area contributed by atoms with Crippen molar-refractivity contribution in [3.8, 4) is 5.75 Å². The third-order valence-corrected chi connectivity index (χ3v) is 5.63. The van der Waals surface area contributed by atoms with Crippen LogP contribution in [-0.4, -0.2) is 46.8 Å². The zero-order chi connectivity index (χ0) is 19.1. The molecule has 27 heavy (non-hydrogen) atoms. The number of nitrogens with one attached hydrogen (secondary N) is 1. The summed E-state index contributed by atoms with van der Waals surface area (Å²) in [5, 5.41) is 10.2. The number of rotatable bonds is 9. The molecule has 0 spiro atoms. The highest BCUT2D eigenvalue weighted by Gasteiger charge is 2.35. The Morgan fingerprint density at radius 1 is 1.37 bits per heavy atom. The maximum atomic E-state index is 10.2. The molecule has 1 aromatic heterocycles. The van der Waals surface area contributed by atoms with Gasteiger partial charge in [0.1, 0.15) is 11.6 Å². The second kappa shape index (κ2) is 9.38. The molecule has 2 N–H and O–H groups in total. The van der Waals surface area contributed by atoms with Crippen LogP contribution < -0.4 is 4.74 Å². The van der Waals surface area contributed by atoms with E-state index in [0.717, 1.165) is 56.9 Å². The molecule has 148 valence electrons. The van der Waals surface area contributed by atoms with Crippen LogP contribution in [0.1, 0.15) is 49.7 Å². The minimum absolute atomic E-state index is 0.0876. The first-order valence-corrected chi connectivity index (χ1v) is 10.2. The van der Waals surface area contributed by atoms with Crippen LogP contribution >= 0.6 is 0 Å². The van der Waals surface area contributed by atoms with Crippen LogP contribution in [0.2, 0.25) is 0 Å². The Morgan fingerprint density at radius 3 is 3.04 bits per heavy atom. The minimum atomic E-state index is -0.0876. The first-order valence-electron chi connectivity index (χ1n) is 10.2. The Labute approximate surface area is 162 Å². The molecule has 1 aliphatic rings. The van der Waals surface area contributed by atoms with E-state index in [1.165, 1.54) is 24.1 Å². The van der Waals surface area contributed by atoms with Gasteiger partial charge in [-0.05, 0) is 49.9 Å². The van der Waals surface area contributed by atoms with E-state index in [0.29, 0.717) is 0 Å². The Kier molecular flexibility index (Phi) is 6.91. The van der Waals surface area contributed by atoms with Crippen molar-refractivity contribution >= 4 is 0 Å². The standard InChI is InChI=1S/C22H33N3O2/c1-3-4-9-21-23-14-19(24-21)15-25-11-6-10-22(16-25,17-26)13-18-7-5-8-20(12-18)27-2/h5,7-8,12,14,26H,3-4,6,9-11,13,15-17H2,1-2H3,(H,23,24)/t22-/m1/s1. The molecule has 1 atom stereocenters. The number of piperidine rings is 1. The Balaban J connectivity index is 1.64. The van der Waals surface area contributed by atoms with Gasteiger partial charge < -0.3 is 14.8 Å². The molecule has 5 nitrogen and oxygen atoms in total. The smallest absolute Gasteiger partial charge is 0.119 e. The topological polar surface area (TPSA) is 61.4 Å². The largest absolute Gasteiger partial charge is 0.497 e. The van der Waals surface area contributed by atoms with Gasteiger partial charge >= 0.3 is 0 Å². The van der Waals surface area contributed by atoms with Crippen LogP contribution in [0.25, 0.3) is 0 Å². The molecule has 1 saturated heterocycles. The highest BCUT2D eigenvalue weighted by Crippen LogP contribution is 2.34. The molecule has 0 radical (unpaired) electrons. The monoisotopic (exact) mass is 371 g/mol. The van der Waals surface area contributed by atoms with Gasteiger partial charge in [-0.3, -0.25) is 4.90 Å². The van der Waals surface area contributed by atoms with Gasteiger partial charge in [0.2, 0.25) is 0 Å². The van der Waals surface area contributed by atoms with Crippen molar-refractivity contribution < 1.29 is 9.84 Å². The molecule has 0 aliphatic carbocycles.